The lowest BCUT2D eigenvalue weighted by atomic mass is 10.0. The van der Waals surface area contributed by atoms with Crippen molar-refractivity contribution in [1.29, 1.82) is 0 Å². The lowest BCUT2D eigenvalue weighted by Gasteiger charge is -2.35. The highest BCUT2D eigenvalue weighted by Gasteiger charge is 2.28. The maximum absolute atomic E-state index is 12.5. The molecule has 5 N–H and O–H groups in total. The molecule has 1 amide bonds. The largest absolute Gasteiger partial charge is 0.480 e. The smallest absolute Gasteiger partial charge is 0.320 e. The number of hydrogen-bond acceptors (Lipinski definition) is 13. The molecule has 0 spiro atoms. The van der Waals surface area contributed by atoms with Gasteiger partial charge in [0.1, 0.15) is 11.8 Å². The summed E-state index contributed by atoms with van der Waals surface area (Å²) in [4.78, 5) is 77.5. The van der Waals surface area contributed by atoms with Crippen LogP contribution in [0.2, 0.25) is 0 Å². The van der Waals surface area contributed by atoms with E-state index >= 15 is 0 Å². The first-order valence-electron chi connectivity index (χ1n) is 17.1. The van der Waals surface area contributed by atoms with Gasteiger partial charge in [0, 0.05) is 77.7 Å². The highest BCUT2D eigenvalue weighted by Crippen LogP contribution is 2.11. The Hall–Kier alpha value is -3.26. The molecular formula is C32H57N5O13. The third-order valence-corrected chi connectivity index (χ3v) is 8.29. The number of aliphatic carboxylic acids is 4. The molecule has 0 saturated carbocycles. The number of ketones is 1. The van der Waals surface area contributed by atoms with Crippen molar-refractivity contribution in [2.24, 2.45) is 5.92 Å². The van der Waals surface area contributed by atoms with E-state index in [4.69, 9.17) is 14.2 Å². The minimum atomic E-state index is -1.17. The van der Waals surface area contributed by atoms with Crippen LogP contribution in [-0.4, -0.2) is 200 Å². The molecule has 1 heterocycles. The number of carboxylic acid groups (broad SMARTS) is 4. The SMILES string of the molecule is CCC(C)C(=O)CCOCCOCCOCCNC(=O)CCC(C(=O)O)N1CCN(CC(=O)O)CCN(CC(=O)O)CCN(CC(=O)O)CC1. The molecule has 1 saturated heterocycles. The van der Waals surface area contributed by atoms with Crippen LogP contribution in [-0.2, 0) is 43.0 Å². The Morgan fingerprint density at radius 1 is 0.620 bits per heavy atom. The predicted molar refractivity (Wildman–Crippen MR) is 179 cm³/mol. The fourth-order valence-corrected chi connectivity index (χ4v) is 5.18. The van der Waals surface area contributed by atoms with Crippen LogP contribution in [0.4, 0.5) is 0 Å². The normalized spacial score (nSPS) is 17.2. The number of carbonyl (C=O) groups is 6. The quantitative estimate of drug-likeness (QED) is 0.0702. The first-order valence-corrected chi connectivity index (χ1v) is 17.1. The van der Waals surface area contributed by atoms with Gasteiger partial charge in [0.05, 0.1) is 59.3 Å². The van der Waals surface area contributed by atoms with Crippen LogP contribution >= 0.6 is 0 Å². The van der Waals surface area contributed by atoms with Gasteiger partial charge in [-0.15, -0.1) is 0 Å². The zero-order valence-electron chi connectivity index (χ0n) is 29.5. The number of Topliss-reactive ketones (excluding diaryl/α,β-unsaturated/α-hetero) is 1. The van der Waals surface area contributed by atoms with Crippen molar-refractivity contribution in [3.63, 3.8) is 0 Å². The average Bonchev–Trinajstić information content (AvgIpc) is 3.04. The number of carbonyl (C=O) groups excluding carboxylic acids is 2. The minimum absolute atomic E-state index is 0.0338. The van der Waals surface area contributed by atoms with Crippen molar-refractivity contribution in [3.05, 3.63) is 0 Å². The summed E-state index contributed by atoms with van der Waals surface area (Å²) < 4.78 is 16.3. The molecule has 1 aliphatic heterocycles. The number of nitrogens with zero attached hydrogens (tertiary/aromatic N) is 4. The van der Waals surface area contributed by atoms with Gasteiger partial charge in [-0.3, -0.25) is 48.4 Å². The highest BCUT2D eigenvalue weighted by molar-refractivity contribution is 5.80. The van der Waals surface area contributed by atoms with E-state index in [1.807, 2.05) is 13.8 Å². The molecule has 2 atom stereocenters. The van der Waals surface area contributed by atoms with E-state index in [0.717, 1.165) is 6.42 Å². The summed E-state index contributed by atoms with van der Waals surface area (Å²) in [5.74, 6) is -4.54. The lowest BCUT2D eigenvalue weighted by molar-refractivity contribution is -0.145. The number of ether oxygens (including phenoxy) is 3. The van der Waals surface area contributed by atoms with Crippen molar-refractivity contribution in [3.8, 4) is 0 Å². The molecule has 18 heteroatoms. The maximum Gasteiger partial charge on any atom is 0.320 e. The van der Waals surface area contributed by atoms with Gasteiger partial charge in [-0.2, -0.15) is 0 Å². The van der Waals surface area contributed by atoms with Gasteiger partial charge in [0.15, 0.2) is 0 Å². The fraction of sp³-hybridized carbons (Fsp3) is 0.812. The van der Waals surface area contributed by atoms with E-state index in [1.54, 1.807) is 19.6 Å². The molecule has 18 nitrogen and oxygen atoms in total. The molecule has 0 radical (unpaired) electrons. The van der Waals surface area contributed by atoms with Crippen LogP contribution in [0.3, 0.4) is 0 Å². The summed E-state index contributed by atoms with van der Waals surface area (Å²) in [7, 11) is 0. The number of amides is 1. The van der Waals surface area contributed by atoms with Crippen LogP contribution in [0, 0.1) is 5.92 Å². The zero-order chi connectivity index (χ0) is 37.3. The third-order valence-electron chi connectivity index (χ3n) is 8.29. The molecule has 1 rings (SSSR count). The summed E-state index contributed by atoms with van der Waals surface area (Å²) in [5.41, 5.74) is 0. The summed E-state index contributed by atoms with van der Waals surface area (Å²) in [6, 6.07) is -1.09. The Labute approximate surface area is 293 Å². The molecule has 1 aliphatic rings. The second-order valence-corrected chi connectivity index (χ2v) is 12.2. The molecule has 0 aromatic rings. The van der Waals surface area contributed by atoms with Crippen LogP contribution in [0.1, 0.15) is 39.5 Å². The van der Waals surface area contributed by atoms with Crippen molar-refractivity contribution in [2.45, 2.75) is 45.6 Å². The Bertz CT molecular complexity index is 1020. The Kier molecular flexibility index (Phi) is 23.8. The van der Waals surface area contributed by atoms with E-state index in [1.165, 1.54) is 0 Å². The molecule has 50 heavy (non-hydrogen) atoms. The first kappa shape index (κ1) is 44.8. The van der Waals surface area contributed by atoms with Crippen LogP contribution in [0.5, 0.6) is 0 Å². The summed E-state index contributed by atoms with van der Waals surface area (Å²) in [5, 5.41) is 40.9. The standard InChI is InChI=1S/C32H57N5O13/c1-3-25(2)27(38)6-16-48-18-20-50-21-19-49-17-7-33-28(39)5-4-26(32(46)47)37-14-12-35(23-30(42)43)10-8-34(22-29(40)41)9-11-36(13-15-37)24-31(44)45/h25-26H,3-24H2,1-2H3,(H,33,39)(H,40,41)(H,42,43)(H,44,45)(H,46,47). The fourth-order valence-electron chi connectivity index (χ4n) is 5.18. The minimum Gasteiger partial charge on any atom is -0.480 e. The van der Waals surface area contributed by atoms with Crippen molar-refractivity contribution < 1.29 is 63.4 Å². The zero-order valence-corrected chi connectivity index (χ0v) is 29.5. The summed E-state index contributed by atoms with van der Waals surface area (Å²) >= 11 is 0. The number of nitrogens with one attached hydrogen (secondary N) is 1. The van der Waals surface area contributed by atoms with E-state index < -0.39 is 29.9 Å². The van der Waals surface area contributed by atoms with Gasteiger partial charge < -0.3 is 40.0 Å². The van der Waals surface area contributed by atoms with Gasteiger partial charge in [0.25, 0.3) is 0 Å². The molecule has 0 bridgehead atoms. The van der Waals surface area contributed by atoms with E-state index in [0.29, 0.717) is 39.5 Å². The van der Waals surface area contributed by atoms with E-state index in [9.17, 15) is 49.2 Å². The number of carboxylic acids is 4. The topological polar surface area (TPSA) is 236 Å². The van der Waals surface area contributed by atoms with E-state index in [-0.39, 0.29) is 116 Å². The first-order chi connectivity index (χ1) is 23.8. The Morgan fingerprint density at radius 3 is 1.46 bits per heavy atom. The predicted octanol–water partition coefficient (Wildman–Crippen LogP) is -1.13. The summed E-state index contributed by atoms with van der Waals surface area (Å²) in [6.45, 7) is 6.51. The monoisotopic (exact) mass is 719 g/mol. The molecule has 0 aliphatic carbocycles. The van der Waals surface area contributed by atoms with Crippen LogP contribution in [0.15, 0.2) is 0 Å². The summed E-state index contributed by atoms with van der Waals surface area (Å²) in [6.07, 6.45) is 1.07. The molecule has 288 valence electrons. The maximum atomic E-state index is 12.5. The van der Waals surface area contributed by atoms with Crippen molar-refractivity contribution in [1.82, 2.24) is 24.9 Å². The average molecular weight is 720 g/mol. The van der Waals surface area contributed by atoms with Gasteiger partial charge in [0.2, 0.25) is 5.91 Å². The van der Waals surface area contributed by atoms with E-state index in [2.05, 4.69) is 5.32 Å². The molecular weight excluding hydrogens is 662 g/mol. The Morgan fingerprint density at radius 2 is 1.04 bits per heavy atom. The molecule has 1 fully saturated rings. The molecule has 2 unspecified atom stereocenters. The lowest BCUT2D eigenvalue weighted by Crippen LogP contribution is -2.52. The molecule has 0 aromatic heterocycles. The third kappa shape index (κ3) is 21.7. The second kappa shape index (κ2) is 26.5. The van der Waals surface area contributed by atoms with Crippen molar-refractivity contribution >= 4 is 35.6 Å². The highest BCUT2D eigenvalue weighted by atomic mass is 16.5. The second-order valence-electron chi connectivity index (χ2n) is 12.2. The van der Waals surface area contributed by atoms with Gasteiger partial charge in [-0.25, -0.2) is 0 Å². The van der Waals surface area contributed by atoms with Gasteiger partial charge in [-0.05, 0) is 12.8 Å². The number of hydrogen-bond donors (Lipinski definition) is 5. The van der Waals surface area contributed by atoms with Gasteiger partial charge >= 0.3 is 23.9 Å². The van der Waals surface area contributed by atoms with Crippen molar-refractivity contribution in [2.75, 3.05) is 118 Å². The molecule has 0 aromatic carbocycles. The number of rotatable bonds is 25. The van der Waals surface area contributed by atoms with Gasteiger partial charge in [-0.1, -0.05) is 13.8 Å². The Balaban J connectivity index is 2.57. The van der Waals surface area contributed by atoms with Crippen LogP contribution < -0.4 is 5.32 Å². The van der Waals surface area contributed by atoms with Crippen LogP contribution in [0.25, 0.3) is 0 Å².